The lowest BCUT2D eigenvalue weighted by Crippen LogP contribution is -2.49. The van der Waals surface area contributed by atoms with E-state index in [0.29, 0.717) is 11.8 Å². The molecule has 4 N–H and O–H groups in total. The first-order valence-corrected chi connectivity index (χ1v) is 6.04. The second-order valence-corrected chi connectivity index (χ2v) is 4.84. The predicted molar refractivity (Wildman–Crippen MR) is 65.8 cm³/mol. The van der Waals surface area contributed by atoms with E-state index in [1.54, 1.807) is 0 Å². The van der Waals surface area contributed by atoms with Crippen LogP contribution in [-0.2, 0) is 0 Å². The molecule has 1 atom stereocenters. The SMILES string of the molecule is CC(C)CN=C(NN)N1CCCC(CO)C1. The Morgan fingerprint density at radius 2 is 2.38 bits per heavy atom. The van der Waals surface area contributed by atoms with Crippen LogP contribution in [0.3, 0.4) is 0 Å². The average molecular weight is 228 g/mol. The van der Waals surface area contributed by atoms with Gasteiger partial charge in [0.1, 0.15) is 0 Å². The van der Waals surface area contributed by atoms with Gasteiger partial charge >= 0.3 is 0 Å². The zero-order chi connectivity index (χ0) is 12.0. The molecule has 0 aromatic carbocycles. The van der Waals surface area contributed by atoms with Crippen LogP contribution in [0.15, 0.2) is 4.99 Å². The van der Waals surface area contributed by atoms with Gasteiger partial charge in [-0.3, -0.25) is 10.4 Å². The van der Waals surface area contributed by atoms with Crippen LogP contribution in [0.25, 0.3) is 0 Å². The number of piperidine rings is 1. The monoisotopic (exact) mass is 228 g/mol. The van der Waals surface area contributed by atoms with Gasteiger partial charge in [0.2, 0.25) is 5.96 Å². The Hall–Kier alpha value is -0.810. The van der Waals surface area contributed by atoms with Crippen molar-refractivity contribution in [3.05, 3.63) is 0 Å². The lowest BCUT2D eigenvalue weighted by atomic mass is 9.99. The van der Waals surface area contributed by atoms with Gasteiger partial charge in [-0.25, -0.2) is 5.84 Å². The van der Waals surface area contributed by atoms with Gasteiger partial charge in [-0.15, -0.1) is 0 Å². The maximum absolute atomic E-state index is 9.16. The number of nitrogens with one attached hydrogen (secondary N) is 1. The Morgan fingerprint density at radius 1 is 1.62 bits per heavy atom. The summed E-state index contributed by atoms with van der Waals surface area (Å²) in [7, 11) is 0. The first kappa shape index (κ1) is 13.3. The second kappa shape index (κ2) is 6.70. The number of hydrogen-bond acceptors (Lipinski definition) is 3. The van der Waals surface area contributed by atoms with Crippen molar-refractivity contribution in [3.8, 4) is 0 Å². The van der Waals surface area contributed by atoms with Gasteiger partial charge in [0, 0.05) is 26.2 Å². The standard InChI is InChI=1S/C11H24N4O/c1-9(2)6-13-11(14-12)15-5-3-4-10(7-15)8-16/h9-10,16H,3-8,12H2,1-2H3,(H,13,14). The number of hydrogen-bond donors (Lipinski definition) is 3. The van der Waals surface area contributed by atoms with Crippen LogP contribution in [-0.4, -0.2) is 42.2 Å². The fourth-order valence-corrected chi connectivity index (χ4v) is 1.91. The topological polar surface area (TPSA) is 73.9 Å². The molecule has 1 heterocycles. The smallest absolute Gasteiger partial charge is 0.208 e. The largest absolute Gasteiger partial charge is 0.396 e. The molecule has 1 saturated heterocycles. The van der Waals surface area contributed by atoms with Crippen molar-refractivity contribution in [2.24, 2.45) is 22.7 Å². The third-order valence-electron chi connectivity index (χ3n) is 2.81. The lowest BCUT2D eigenvalue weighted by molar-refractivity contribution is 0.158. The molecule has 0 aliphatic carbocycles. The van der Waals surface area contributed by atoms with E-state index in [2.05, 4.69) is 29.2 Å². The van der Waals surface area contributed by atoms with E-state index in [0.717, 1.165) is 38.4 Å². The first-order valence-electron chi connectivity index (χ1n) is 6.04. The van der Waals surface area contributed by atoms with Crippen LogP contribution in [0, 0.1) is 11.8 Å². The van der Waals surface area contributed by atoms with Crippen LogP contribution in [0.5, 0.6) is 0 Å². The fraction of sp³-hybridized carbons (Fsp3) is 0.909. The van der Waals surface area contributed by atoms with Crippen LogP contribution >= 0.6 is 0 Å². The number of rotatable bonds is 3. The lowest BCUT2D eigenvalue weighted by Gasteiger charge is -2.33. The van der Waals surface area contributed by atoms with Gasteiger partial charge in [-0.05, 0) is 24.7 Å². The highest BCUT2D eigenvalue weighted by Gasteiger charge is 2.21. The minimum Gasteiger partial charge on any atom is -0.396 e. The van der Waals surface area contributed by atoms with Crippen LogP contribution < -0.4 is 11.3 Å². The summed E-state index contributed by atoms with van der Waals surface area (Å²) in [4.78, 5) is 6.59. The van der Waals surface area contributed by atoms with Gasteiger partial charge in [0.25, 0.3) is 0 Å². The van der Waals surface area contributed by atoms with E-state index in [4.69, 9.17) is 10.9 Å². The van der Waals surface area contributed by atoms with E-state index in [1.807, 2.05) is 0 Å². The van der Waals surface area contributed by atoms with Crippen molar-refractivity contribution in [1.82, 2.24) is 10.3 Å². The van der Waals surface area contributed by atoms with Crippen molar-refractivity contribution in [3.63, 3.8) is 0 Å². The highest BCUT2D eigenvalue weighted by atomic mass is 16.3. The highest BCUT2D eigenvalue weighted by Crippen LogP contribution is 2.15. The Morgan fingerprint density at radius 3 is 2.94 bits per heavy atom. The molecular formula is C11H24N4O. The number of nitrogens with two attached hydrogens (primary N) is 1. The van der Waals surface area contributed by atoms with Crippen molar-refractivity contribution in [2.45, 2.75) is 26.7 Å². The van der Waals surface area contributed by atoms with Crippen LogP contribution in [0.4, 0.5) is 0 Å². The Bertz CT molecular complexity index is 230. The number of likely N-dealkylation sites (tertiary alicyclic amines) is 1. The maximum Gasteiger partial charge on any atom is 0.208 e. The number of guanidine groups is 1. The quantitative estimate of drug-likeness (QED) is 0.278. The predicted octanol–water partition coefficient (Wildman–Crippen LogP) is 0.166. The summed E-state index contributed by atoms with van der Waals surface area (Å²) in [5.41, 5.74) is 2.67. The molecule has 1 aliphatic rings. The summed E-state index contributed by atoms with van der Waals surface area (Å²) < 4.78 is 0. The zero-order valence-electron chi connectivity index (χ0n) is 10.3. The van der Waals surface area contributed by atoms with Gasteiger partial charge in [-0.2, -0.15) is 0 Å². The van der Waals surface area contributed by atoms with Crippen molar-refractivity contribution >= 4 is 5.96 Å². The fourth-order valence-electron chi connectivity index (χ4n) is 1.91. The molecule has 0 amide bonds. The van der Waals surface area contributed by atoms with Crippen LogP contribution in [0.2, 0.25) is 0 Å². The number of hydrazine groups is 1. The minimum absolute atomic E-state index is 0.249. The molecule has 0 bridgehead atoms. The zero-order valence-corrected chi connectivity index (χ0v) is 10.3. The molecule has 0 aromatic rings. The van der Waals surface area contributed by atoms with Gasteiger partial charge < -0.3 is 10.0 Å². The molecule has 5 nitrogen and oxygen atoms in total. The van der Waals surface area contributed by atoms with Gasteiger partial charge in [-0.1, -0.05) is 13.8 Å². The number of nitrogens with zero attached hydrogens (tertiary/aromatic N) is 2. The number of aliphatic hydroxyl groups excluding tert-OH is 1. The highest BCUT2D eigenvalue weighted by molar-refractivity contribution is 5.79. The van der Waals surface area contributed by atoms with Crippen molar-refractivity contribution in [2.75, 3.05) is 26.2 Å². The normalized spacial score (nSPS) is 22.7. The molecule has 1 fully saturated rings. The van der Waals surface area contributed by atoms with E-state index in [-0.39, 0.29) is 6.61 Å². The summed E-state index contributed by atoms with van der Waals surface area (Å²) in [5.74, 6) is 7.13. The number of aliphatic imine (C=N–C) groups is 1. The molecule has 0 aromatic heterocycles. The Kier molecular flexibility index (Phi) is 5.55. The Labute approximate surface area is 97.7 Å². The third-order valence-corrected chi connectivity index (χ3v) is 2.81. The van der Waals surface area contributed by atoms with Gasteiger partial charge in [0.05, 0.1) is 0 Å². The molecule has 5 heteroatoms. The maximum atomic E-state index is 9.16. The van der Waals surface area contributed by atoms with Crippen molar-refractivity contribution in [1.29, 1.82) is 0 Å². The van der Waals surface area contributed by atoms with E-state index >= 15 is 0 Å². The van der Waals surface area contributed by atoms with Crippen molar-refractivity contribution < 1.29 is 5.11 Å². The number of aliphatic hydroxyl groups is 1. The Balaban J connectivity index is 2.54. The summed E-state index contributed by atoms with van der Waals surface area (Å²) >= 11 is 0. The second-order valence-electron chi connectivity index (χ2n) is 4.84. The summed E-state index contributed by atoms with van der Waals surface area (Å²) in [6.45, 7) is 7.10. The average Bonchev–Trinajstić information content (AvgIpc) is 2.30. The molecular weight excluding hydrogens is 204 g/mol. The van der Waals surface area contributed by atoms with Gasteiger partial charge in [0.15, 0.2) is 0 Å². The summed E-state index contributed by atoms with van der Waals surface area (Å²) in [6, 6.07) is 0. The molecule has 0 radical (unpaired) electrons. The minimum atomic E-state index is 0.249. The molecule has 0 spiro atoms. The van der Waals surface area contributed by atoms with E-state index in [9.17, 15) is 0 Å². The molecule has 1 rings (SSSR count). The molecule has 1 aliphatic heterocycles. The summed E-state index contributed by atoms with van der Waals surface area (Å²) in [6.07, 6.45) is 2.18. The molecule has 16 heavy (non-hydrogen) atoms. The molecule has 94 valence electrons. The third kappa shape index (κ3) is 3.98. The van der Waals surface area contributed by atoms with Crippen LogP contribution in [0.1, 0.15) is 26.7 Å². The van der Waals surface area contributed by atoms with E-state index < -0.39 is 0 Å². The molecule has 1 unspecified atom stereocenters. The molecule has 0 saturated carbocycles. The summed E-state index contributed by atoms with van der Waals surface area (Å²) in [5, 5.41) is 9.16. The van der Waals surface area contributed by atoms with E-state index in [1.165, 1.54) is 0 Å². The first-order chi connectivity index (χ1) is 7.67.